The average Bonchev–Trinajstić information content (AvgIpc) is 2.54. The van der Waals surface area contributed by atoms with E-state index in [0.717, 1.165) is 31.0 Å². The zero-order valence-corrected chi connectivity index (χ0v) is 8.83. The number of nitrogens with one attached hydrogen (secondary N) is 1. The summed E-state index contributed by atoms with van der Waals surface area (Å²) in [6, 6.07) is 4.37. The second-order valence-electron chi connectivity index (χ2n) is 4.21. The molecule has 0 aliphatic carbocycles. The molecule has 0 saturated carbocycles. The number of fused-ring (bicyclic) bond motifs is 1. The van der Waals surface area contributed by atoms with Crippen LogP contribution in [0, 0.1) is 0 Å². The van der Waals surface area contributed by atoms with Gasteiger partial charge in [-0.3, -0.25) is 0 Å². The van der Waals surface area contributed by atoms with Gasteiger partial charge in [0.2, 0.25) is 0 Å². The van der Waals surface area contributed by atoms with Crippen LogP contribution < -0.4 is 5.32 Å². The summed E-state index contributed by atoms with van der Waals surface area (Å²) < 4.78 is 38.8. The molecular formula is C11H10F3N3. The smallest absolute Gasteiger partial charge is 0.315 e. The first-order chi connectivity index (χ1) is 8.04. The molecule has 0 spiro atoms. The highest BCUT2D eigenvalue weighted by atomic mass is 19.4. The quantitative estimate of drug-likeness (QED) is 0.827. The minimum atomic E-state index is -4.32. The van der Waals surface area contributed by atoms with Gasteiger partial charge in [0.05, 0.1) is 16.8 Å². The second-order valence-corrected chi connectivity index (χ2v) is 4.21. The van der Waals surface area contributed by atoms with E-state index in [1.54, 1.807) is 0 Å². The normalized spacial score (nSPS) is 17.4. The molecule has 0 unspecified atom stereocenters. The molecule has 0 bridgehead atoms. The predicted molar refractivity (Wildman–Crippen MR) is 55.8 cm³/mol. The van der Waals surface area contributed by atoms with Crippen LogP contribution in [0.5, 0.6) is 0 Å². The monoisotopic (exact) mass is 241 g/mol. The highest BCUT2D eigenvalue weighted by molar-refractivity contribution is 5.49. The lowest BCUT2D eigenvalue weighted by atomic mass is 10.00. The summed E-state index contributed by atoms with van der Waals surface area (Å²) in [4.78, 5) is 0. The summed E-state index contributed by atoms with van der Waals surface area (Å²) in [5, 5.41) is 7.30. The maximum atomic E-state index is 12.5. The molecule has 0 atom stereocenters. The lowest BCUT2D eigenvalue weighted by molar-refractivity contribution is -0.137. The molecule has 0 amide bonds. The minimum absolute atomic E-state index is 0.323. The molecule has 1 fully saturated rings. The molecular weight excluding hydrogens is 231 g/mol. The van der Waals surface area contributed by atoms with E-state index in [0.29, 0.717) is 11.4 Å². The number of hydrogen-bond acceptors (Lipinski definition) is 2. The Morgan fingerprint density at radius 1 is 1.29 bits per heavy atom. The number of alkyl halides is 3. The number of hydrogen-bond donors (Lipinski definition) is 1. The Balaban J connectivity index is 2.04. The number of pyridine rings is 1. The molecule has 3 rings (SSSR count). The van der Waals surface area contributed by atoms with E-state index in [1.165, 1.54) is 10.6 Å². The van der Waals surface area contributed by atoms with E-state index < -0.39 is 11.7 Å². The summed E-state index contributed by atoms with van der Waals surface area (Å²) >= 11 is 0. The molecule has 1 aliphatic rings. The van der Waals surface area contributed by atoms with Gasteiger partial charge in [0.15, 0.2) is 0 Å². The van der Waals surface area contributed by atoms with Crippen molar-refractivity contribution in [1.29, 1.82) is 0 Å². The molecule has 1 saturated heterocycles. The van der Waals surface area contributed by atoms with Gasteiger partial charge in [-0.2, -0.15) is 18.3 Å². The fraction of sp³-hybridized carbons (Fsp3) is 0.364. The van der Waals surface area contributed by atoms with Crippen molar-refractivity contribution in [3.05, 3.63) is 35.7 Å². The zero-order chi connectivity index (χ0) is 12.0. The molecule has 3 nitrogen and oxygen atoms in total. The molecule has 3 heterocycles. The number of aromatic nitrogens is 2. The van der Waals surface area contributed by atoms with E-state index in [1.807, 2.05) is 6.07 Å². The first-order valence-electron chi connectivity index (χ1n) is 5.31. The van der Waals surface area contributed by atoms with Crippen LogP contribution in [0.15, 0.2) is 24.4 Å². The third-order valence-electron chi connectivity index (χ3n) is 3.01. The van der Waals surface area contributed by atoms with Crippen LogP contribution in [0.3, 0.4) is 0 Å². The van der Waals surface area contributed by atoms with Gasteiger partial charge in [-0.05, 0) is 18.2 Å². The SMILES string of the molecule is FC(F)(F)c1ccc2cc(C3CNC3)nn2c1. The van der Waals surface area contributed by atoms with Gasteiger partial charge in [-0.1, -0.05) is 0 Å². The maximum Gasteiger partial charge on any atom is 0.417 e. The van der Waals surface area contributed by atoms with Crippen molar-refractivity contribution in [1.82, 2.24) is 14.9 Å². The number of nitrogens with zero attached hydrogens (tertiary/aromatic N) is 2. The Labute approximate surface area is 95.2 Å². The summed E-state index contributed by atoms with van der Waals surface area (Å²) in [6.45, 7) is 1.69. The third-order valence-corrected chi connectivity index (χ3v) is 3.01. The lowest BCUT2D eigenvalue weighted by Crippen LogP contribution is -2.40. The zero-order valence-electron chi connectivity index (χ0n) is 8.83. The van der Waals surface area contributed by atoms with Gasteiger partial charge in [-0.25, -0.2) is 4.52 Å². The largest absolute Gasteiger partial charge is 0.417 e. The van der Waals surface area contributed by atoms with Gasteiger partial charge in [0.1, 0.15) is 0 Å². The van der Waals surface area contributed by atoms with E-state index >= 15 is 0 Å². The van der Waals surface area contributed by atoms with Crippen molar-refractivity contribution < 1.29 is 13.2 Å². The predicted octanol–water partition coefficient (Wildman–Crippen LogP) is 2.04. The van der Waals surface area contributed by atoms with Crippen molar-refractivity contribution in [3.8, 4) is 0 Å². The van der Waals surface area contributed by atoms with Crippen LogP contribution in [-0.4, -0.2) is 22.7 Å². The number of halogens is 3. The van der Waals surface area contributed by atoms with Gasteiger partial charge in [0.25, 0.3) is 0 Å². The molecule has 0 radical (unpaired) electrons. The fourth-order valence-electron chi connectivity index (χ4n) is 1.87. The topological polar surface area (TPSA) is 29.3 Å². The second kappa shape index (κ2) is 3.46. The Bertz CT molecular complexity index is 555. The molecule has 0 aromatic carbocycles. The number of rotatable bonds is 1. The van der Waals surface area contributed by atoms with Gasteiger partial charge in [0, 0.05) is 25.2 Å². The van der Waals surface area contributed by atoms with Crippen LogP contribution in [0.1, 0.15) is 17.2 Å². The summed E-state index contributed by atoms with van der Waals surface area (Å²) in [5.74, 6) is 0.323. The molecule has 2 aromatic rings. The lowest BCUT2D eigenvalue weighted by Gasteiger charge is -2.24. The Morgan fingerprint density at radius 3 is 2.65 bits per heavy atom. The Kier molecular flexibility index (Phi) is 2.16. The van der Waals surface area contributed by atoms with Crippen molar-refractivity contribution in [2.24, 2.45) is 0 Å². The molecule has 1 aliphatic heterocycles. The van der Waals surface area contributed by atoms with Crippen LogP contribution in [-0.2, 0) is 6.18 Å². The van der Waals surface area contributed by atoms with Crippen molar-refractivity contribution in [2.75, 3.05) is 13.1 Å². The maximum absolute atomic E-state index is 12.5. The van der Waals surface area contributed by atoms with Gasteiger partial charge < -0.3 is 5.32 Å². The first-order valence-corrected chi connectivity index (χ1v) is 5.31. The molecule has 1 N–H and O–H groups in total. The first kappa shape index (κ1) is 10.6. The molecule has 17 heavy (non-hydrogen) atoms. The third kappa shape index (κ3) is 1.78. The van der Waals surface area contributed by atoms with E-state index in [4.69, 9.17) is 0 Å². The minimum Gasteiger partial charge on any atom is -0.315 e. The summed E-state index contributed by atoms with van der Waals surface area (Å²) in [5.41, 5.74) is 0.870. The Morgan fingerprint density at radius 2 is 2.06 bits per heavy atom. The van der Waals surface area contributed by atoms with Crippen LogP contribution in [0.25, 0.3) is 5.52 Å². The standard InChI is InChI=1S/C11H10F3N3/c12-11(13,14)8-1-2-9-3-10(7-4-15-5-7)16-17(9)6-8/h1-3,6-7,15H,4-5H2. The van der Waals surface area contributed by atoms with Crippen molar-refractivity contribution in [2.45, 2.75) is 12.1 Å². The molecule has 2 aromatic heterocycles. The van der Waals surface area contributed by atoms with E-state index in [-0.39, 0.29) is 0 Å². The van der Waals surface area contributed by atoms with Crippen molar-refractivity contribution in [3.63, 3.8) is 0 Å². The summed E-state index contributed by atoms with van der Waals surface area (Å²) in [6.07, 6.45) is -3.29. The van der Waals surface area contributed by atoms with Crippen LogP contribution >= 0.6 is 0 Å². The molecule has 6 heteroatoms. The van der Waals surface area contributed by atoms with Crippen molar-refractivity contribution >= 4 is 5.52 Å². The fourth-order valence-corrected chi connectivity index (χ4v) is 1.87. The summed E-state index contributed by atoms with van der Waals surface area (Å²) in [7, 11) is 0. The van der Waals surface area contributed by atoms with Gasteiger partial charge in [-0.15, -0.1) is 0 Å². The van der Waals surface area contributed by atoms with Crippen LogP contribution in [0.2, 0.25) is 0 Å². The highest BCUT2D eigenvalue weighted by Gasteiger charge is 2.31. The van der Waals surface area contributed by atoms with E-state index in [9.17, 15) is 13.2 Å². The average molecular weight is 241 g/mol. The molecule has 90 valence electrons. The van der Waals surface area contributed by atoms with Gasteiger partial charge >= 0.3 is 6.18 Å². The van der Waals surface area contributed by atoms with E-state index in [2.05, 4.69) is 10.4 Å². The Hall–Kier alpha value is -1.56. The highest BCUT2D eigenvalue weighted by Crippen LogP contribution is 2.29. The van der Waals surface area contributed by atoms with Crippen LogP contribution in [0.4, 0.5) is 13.2 Å².